The molecule has 1 heterocycles. The number of nitrogens with zero attached hydrogens (tertiary/aromatic N) is 3. The maximum Gasteiger partial charge on any atom is 0.227 e. The molecule has 0 fully saturated rings. The summed E-state index contributed by atoms with van der Waals surface area (Å²) in [4.78, 5) is 2.29. The predicted octanol–water partition coefficient (Wildman–Crippen LogP) is 5.35. The molecule has 0 saturated carbocycles. The number of hydrogen-bond acceptors (Lipinski definition) is 5. The summed E-state index contributed by atoms with van der Waals surface area (Å²) in [5.74, 6) is 1.98. The van der Waals surface area contributed by atoms with Gasteiger partial charge in [-0.05, 0) is 50.6 Å². The van der Waals surface area contributed by atoms with Crippen LogP contribution in [0.1, 0.15) is 44.4 Å². The number of ether oxygens (including phenoxy) is 2. The summed E-state index contributed by atoms with van der Waals surface area (Å²) in [5.41, 5.74) is 2.85. The average Bonchev–Trinajstić information content (AvgIpc) is 3.10. The van der Waals surface area contributed by atoms with Crippen LogP contribution in [0.4, 0.5) is 0 Å². The normalized spacial score (nSPS) is 12.2. The van der Waals surface area contributed by atoms with E-state index in [4.69, 9.17) is 14.6 Å². The Morgan fingerprint density at radius 2 is 1.69 bits per heavy atom. The predicted molar refractivity (Wildman–Crippen MR) is 128 cm³/mol. The third kappa shape index (κ3) is 5.90. The standard InChI is InChI=1S/C26H35N3O3/c1-5-12-22(30)18-28(17-6-2)19-23-20(3)27-29(21-13-8-7-9-14-21)26(23)32-25-16-11-10-15-24(25)31-4/h7-11,13-16,22,30H,5-6,12,17-19H2,1-4H3/t22-/m1/s1. The highest BCUT2D eigenvalue weighted by molar-refractivity contribution is 5.47. The van der Waals surface area contributed by atoms with Gasteiger partial charge in [-0.15, -0.1) is 0 Å². The zero-order valence-electron chi connectivity index (χ0n) is 19.6. The minimum Gasteiger partial charge on any atom is -0.493 e. The quantitative estimate of drug-likeness (QED) is 0.414. The number of methoxy groups -OCH3 is 1. The molecule has 1 N–H and O–H groups in total. The lowest BCUT2D eigenvalue weighted by Gasteiger charge is -2.25. The van der Waals surface area contributed by atoms with Crippen molar-refractivity contribution in [2.24, 2.45) is 0 Å². The molecule has 0 amide bonds. The van der Waals surface area contributed by atoms with E-state index in [2.05, 4.69) is 18.7 Å². The van der Waals surface area contributed by atoms with E-state index in [1.54, 1.807) is 7.11 Å². The second kappa shape index (κ2) is 11.7. The van der Waals surface area contributed by atoms with Crippen molar-refractivity contribution >= 4 is 0 Å². The lowest BCUT2D eigenvalue weighted by molar-refractivity contribution is 0.100. The number of aryl methyl sites for hydroxylation is 1. The first-order valence-electron chi connectivity index (χ1n) is 11.4. The van der Waals surface area contributed by atoms with E-state index in [0.717, 1.165) is 42.8 Å². The Morgan fingerprint density at radius 3 is 2.34 bits per heavy atom. The van der Waals surface area contributed by atoms with Gasteiger partial charge >= 0.3 is 0 Å². The fourth-order valence-corrected chi connectivity index (χ4v) is 3.87. The molecule has 3 rings (SSSR count). The van der Waals surface area contributed by atoms with Crippen molar-refractivity contribution in [1.82, 2.24) is 14.7 Å². The molecule has 1 atom stereocenters. The summed E-state index contributed by atoms with van der Waals surface area (Å²) < 4.78 is 13.8. The van der Waals surface area contributed by atoms with Crippen LogP contribution >= 0.6 is 0 Å². The molecule has 0 aliphatic rings. The van der Waals surface area contributed by atoms with Gasteiger partial charge in [0.05, 0.1) is 30.2 Å². The van der Waals surface area contributed by atoms with Gasteiger partial charge in [0.2, 0.25) is 5.88 Å². The van der Waals surface area contributed by atoms with Crippen LogP contribution in [0.5, 0.6) is 17.4 Å². The number of benzene rings is 2. The maximum absolute atomic E-state index is 10.4. The molecule has 0 saturated heterocycles. The van der Waals surface area contributed by atoms with Gasteiger partial charge < -0.3 is 14.6 Å². The molecule has 32 heavy (non-hydrogen) atoms. The van der Waals surface area contributed by atoms with Gasteiger partial charge in [-0.3, -0.25) is 4.90 Å². The minimum absolute atomic E-state index is 0.338. The molecule has 0 unspecified atom stereocenters. The highest BCUT2D eigenvalue weighted by atomic mass is 16.5. The Balaban J connectivity index is 2.01. The van der Waals surface area contributed by atoms with Crippen molar-refractivity contribution in [3.63, 3.8) is 0 Å². The van der Waals surface area contributed by atoms with Crippen molar-refractivity contribution in [2.75, 3.05) is 20.2 Å². The van der Waals surface area contributed by atoms with Gasteiger partial charge in [0.1, 0.15) is 0 Å². The Labute approximate surface area is 191 Å². The number of aliphatic hydroxyl groups is 1. The van der Waals surface area contributed by atoms with Gasteiger partial charge in [0, 0.05) is 13.1 Å². The third-order valence-corrected chi connectivity index (χ3v) is 5.43. The molecule has 0 bridgehead atoms. The molecule has 2 aromatic carbocycles. The second-order valence-corrected chi connectivity index (χ2v) is 8.05. The van der Waals surface area contributed by atoms with Crippen LogP contribution in [0.25, 0.3) is 5.69 Å². The fourth-order valence-electron chi connectivity index (χ4n) is 3.87. The van der Waals surface area contributed by atoms with Crippen LogP contribution in [0.3, 0.4) is 0 Å². The van der Waals surface area contributed by atoms with Crippen molar-refractivity contribution in [2.45, 2.75) is 52.7 Å². The molecule has 6 heteroatoms. The molecule has 0 spiro atoms. The summed E-state index contributed by atoms with van der Waals surface area (Å²) >= 11 is 0. The molecule has 0 radical (unpaired) electrons. The lowest BCUT2D eigenvalue weighted by Crippen LogP contribution is -2.33. The topological polar surface area (TPSA) is 59.8 Å². The first kappa shape index (κ1) is 23.8. The molecule has 6 nitrogen and oxygen atoms in total. The molecule has 172 valence electrons. The smallest absolute Gasteiger partial charge is 0.227 e. The molecule has 1 aromatic heterocycles. The van der Waals surface area contributed by atoms with Crippen LogP contribution in [0.2, 0.25) is 0 Å². The van der Waals surface area contributed by atoms with Gasteiger partial charge in [-0.1, -0.05) is 50.6 Å². The molecule has 0 aliphatic carbocycles. The first-order valence-corrected chi connectivity index (χ1v) is 11.4. The van der Waals surface area contributed by atoms with E-state index in [9.17, 15) is 5.11 Å². The summed E-state index contributed by atoms with van der Waals surface area (Å²) in [6.07, 6.45) is 2.43. The summed E-state index contributed by atoms with van der Waals surface area (Å²) in [5, 5.41) is 15.3. The fraction of sp³-hybridized carbons (Fsp3) is 0.423. The molecular formula is C26H35N3O3. The Kier molecular flexibility index (Phi) is 8.71. The number of rotatable bonds is 12. The number of aliphatic hydroxyl groups excluding tert-OH is 1. The van der Waals surface area contributed by atoms with Gasteiger partial charge in [-0.2, -0.15) is 5.10 Å². The van der Waals surface area contributed by atoms with Crippen LogP contribution in [0.15, 0.2) is 54.6 Å². The number of aromatic nitrogens is 2. The minimum atomic E-state index is -0.338. The number of hydrogen-bond donors (Lipinski definition) is 1. The van der Waals surface area contributed by atoms with Gasteiger partial charge in [0.25, 0.3) is 0 Å². The third-order valence-electron chi connectivity index (χ3n) is 5.43. The van der Waals surface area contributed by atoms with Gasteiger partial charge in [-0.25, -0.2) is 4.68 Å². The second-order valence-electron chi connectivity index (χ2n) is 8.05. The van der Waals surface area contributed by atoms with E-state index in [1.807, 2.05) is 66.2 Å². The average molecular weight is 438 g/mol. The summed E-state index contributed by atoms with van der Waals surface area (Å²) in [6.45, 7) is 8.44. The van der Waals surface area contributed by atoms with E-state index in [0.29, 0.717) is 30.5 Å². The van der Waals surface area contributed by atoms with Gasteiger partial charge in [0.15, 0.2) is 11.5 Å². The molecule has 0 aliphatic heterocycles. The lowest BCUT2D eigenvalue weighted by atomic mass is 10.1. The highest BCUT2D eigenvalue weighted by Crippen LogP contribution is 2.36. The maximum atomic E-state index is 10.4. The van der Waals surface area contributed by atoms with Crippen molar-refractivity contribution in [3.8, 4) is 23.1 Å². The van der Waals surface area contributed by atoms with Crippen molar-refractivity contribution < 1.29 is 14.6 Å². The monoisotopic (exact) mass is 437 g/mol. The van der Waals surface area contributed by atoms with E-state index < -0.39 is 0 Å². The Bertz CT molecular complexity index is 972. The van der Waals surface area contributed by atoms with E-state index in [1.165, 1.54) is 0 Å². The highest BCUT2D eigenvalue weighted by Gasteiger charge is 2.23. The largest absolute Gasteiger partial charge is 0.493 e. The van der Waals surface area contributed by atoms with Crippen LogP contribution in [0, 0.1) is 6.92 Å². The van der Waals surface area contributed by atoms with Crippen molar-refractivity contribution in [3.05, 3.63) is 65.9 Å². The van der Waals surface area contributed by atoms with E-state index in [-0.39, 0.29) is 6.10 Å². The van der Waals surface area contributed by atoms with Crippen LogP contribution in [-0.4, -0.2) is 46.1 Å². The Hall–Kier alpha value is -2.83. The Morgan fingerprint density at radius 1 is 1.00 bits per heavy atom. The van der Waals surface area contributed by atoms with Crippen LogP contribution in [-0.2, 0) is 6.54 Å². The molecule has 3 aromatic rings. The summed E-state index contributed by atoms with van der Waals surface area (Å²) in [7, 11) is 1.64. The van der Waals surface area contributed by atoms with Crippen LogP contribution < -0.4 is 9.47 Å². The summed E-state index contributed by atoms with van der Waals surface area (Å²) in [6, 6.07) is 17.6. The van der Waals surface area contributed by atoms with Crippen molar-refractivity contribution in [1.29, 1.82) is 0 Å². The number of para-hydroxylation sites is 3. The zero-order valence-corrected chi connectivity index (χ0v) is 19.6. The zero-order chi connectivity index (χ0) is 22.9. The molecular weight excluding hydrogens is 402 g/mol. The first-order chi connectivity index (χ1) is 15.6. The van der Waals surface area contributed by atoms with E-state index >= 15 is 0 Å². The SMILES string of the molecule is CCC[C@@H](O)CN(CCC)Cc1c(C)nn(-c2ccccc2)c1Oc1ccccc1OC.